The lowest BCUT2D eigenvalue weighted by Gasteiger charge is -2.07. The summed E-state index contributed by atoms with van der Waals surface area (Å²) < 4.78 is 56.8. The molecule has 0 aliphatic heterocycles. The van der Waals surface area contributed by atoms with Crippen molar-refractivity contribution >= 4 is 35.9 Å². The van der Waals surface area contributed by atoms with Crippen molar-refractivity contribution in [3.63, 3.8) is 0 Å². The molecule has 0 radical (unpaired) electrons. The minimum atomic E-state index is -4.69. The van der Waals surface area contributed by atoms with Gasteiger partial charge >= 0.3 is 14.6 Å². The van der Waals surface area contributed by atoms with Gasteiger partial charge in [0.2, 0.25) is 0 Å². The van der Waals surface area contributed by atoms with Crippen LogP contribution in [0.4, 0.5) is 13.2 Å². The lowest BCUT2D eigenvalue weighted by molar-refractivity contribution is -0.274. The maximum absolute atomic E-state index is 11.6. The molecule has 0 heterocycles. The van der Waals surface area contributed by atoms with Crippen LogP contribution in [0.25, 0.3) is 0 Å². The first-order chi connectivity index (χ1) is 8.01. The molecular weight excluding hydrogens is 320 g/mol. The summed E-state index contributed by atoms with van der Waals surface area (Å²) in [6.07, 6.45) is -4.15. The summed E-state index contributed by atoms with van der Waals surface area (Å²) in [5.41, 5.74) is 0.300. The molecule has 0 spiro atoms. The van der Waals surface area contributed by atoms with Crippen molar-refractivity contribution in [2.45, 2.75) is 6.36 Å². The average molecular weight is 325 g/mol. The Balaban J connectivity index is 0.000000494. The fraction of sp³-hybridized carbons (Fsp3) is 0.125. The Bertz CT molecular complexity index is 476. The molecule has 4 nitrogen and oxygen atoms in total. The van der Waals surface area contributed by atoms with E-state index < -0.39 is 14.6 Å². The third-order valence-corrected chi connectivity index (χ3v) is 1.25. The molecule has 1 aromatic carbocycles. The summed E-state index contributed by atoms with van der Waals surface area (Å²) in [6.45, 7) is 0. The van der Waals surface area contributed by atoms with E-state index in [9.17, 15) is 18.0 Å². The highest BCUT2D eigenvalue weighted by molar-refractivity contribution is 8.31. The third kappa shape index (κ3) is 11.5. The molecule has 0 N–H and O–H groups in total. The van der Waals surface area contributed by atoms with Crippen molar-refractivity contribution in [1.29, 1.82) is 0 Å². The molecule has 0 saturated carbocycles. The zero-order valence-electron chi connectivity index (χ0n) is 8.32. The number of hydrogen-bond donors (Lipinski definition) is 0. The van der Waals surface area contributed by atoms with Gasteiger partial charge in [0, 0.05) is 26.9 Å². The Morgan fingerprint density at radius 2 is 1.50 bits per heavy atom. The second-order valence-corrected chi connectivity index (χ2v) is 6.28. The Hall–Kier alpha value is -0.990. The van der Waals surface area contributed by atoms with Gasteiger partial charge in [0.25, 0.3) is 0 Å². The van der Waals surface area contributed by atoms with Crippen LogP contribution in [0, 0.1) is 0 Å². The average Bonchev–Trinajstić information content (AvgIpc) is 2.14. The Morgan fingerprint density at radius 3 is 1.78 bits per heavy atom. The van der Waals surface area contributed by atoms with Crippen LogP contribution in [0.3, 0.4) is 0 Å². The standard InChI is InChI=1S/C8H5F3O2.Cl2O2S/c9-8(10,11)13-7-3-1-6(5-12)2-4-7;1-5(2,3)4/h1-5H;. The van der Waals surface area contributed by atoms with Crippen LogP contribution in [-0.4, -0.2) is 21.1 Å². The maximum Gasteiger partial charge on any atom is 0.573 e. The molecule has 0 aliphatic rings. The first-order valence-electron chi connectivity index (χ1n) is 3.96. The molecule has 1 aromatic rings. The maximum atomic E-state index is 11.6. The molecule has 1 rings (SSSR count). The SMILES string of the molecule is O=Cc1ccc(OC(F)(F)F)cc1.O=S(=O)(Cl)Cl. The first kappa shape index (κ1) is 17.0. The highest BCUT2D eigenvalue weighted by atomic mass is 36.0. The van der Waals surface area contributed by atoms with E-state index in [1.54, 1.807) is 0 Å². The lowest BCUT2D eigenvalue weighted by atomic mass is 10.2. The van der Waals surface area contributed by atoms with Gasteiger partial charge in [-0.15, -0.1) is 13.2 Å². The van der Waals surface area contributed by atoms with Gasteiger partial charge in [-0.3, -0.25) is 4.79 Å². The van der Waals surface area contributed by atoms with E-state index in [-0.39, 0.29) is 5.75 Å². The quantitative estimate of drug-likeness (QED) is 0.619. The van der Waals surface area contributed by atoms with Gasteiger partial charge in [0.05, 0.1) is 0 Å². The first-order valence-corrected chi connectivity index (χ1v) is 7.10. The van der Waals surface area contributed by atoms with Crippen LogP contribution >= 0.6 is 21.4 Å². The number of carbonyl (C=O) groups is 1. The van der Waals surface area contributed by atoms with Crippen LogP contribution in [0.5, 0.6) is 5.75 Å². The summed E-state index contributed by atoms with van der Waals surface area (Å²) >= 11 is 0. The van der Waals surface area contributed by atoms with E-state index >= 15 is 0 Å². The number of aldehydes is 1. The summed E-state index contributed by atoms with van der Waals surface area (Å²) in [5.74, 6) is -0.335. The van der Waals surface area contributed by atoms with Crippen LogP contribution in [0.2, 0.25) is 0 Å². The number of alkyl halides is 3. The van der Waals surface area contributed by atoms with Crippen molar-refractivity contribution in [3.05, 3.63) is 29.8 Å². The van der Waals surface area contributed by atoms with Crippen molar-refractivity contribution in [2.24, 2.45) is 0 Å². The third-order valence-electron chi connectivity index (χ3n) is 1.25. The molecule has 18 heavy (non-hydrogen) atoms. The van der Waals surface area contributed by atoms with Gasteiger partial charge in [-0.25, -0.2) is 0 Å². The van der Waals surface area contributed by atoms with Crippen LogP contribution in [0.1, 0.15) is 10.4 Å². The zero-order valence-corrected chi connectivity index (χ0v) is 10.6. The van der Waals surface area contributed by atoms with Crippen LogP contribution in [-0.2, 0) is 8.26 Å². The fourth-order valence-corrected chi connectivity index (χ4v) is 0.748. The Morgan fingerprint density at radius 1 is 1.11 bits per heavy atom. The van der Waals surface area contributed by atoms with Crippen molar-refractivity contribution in [2.75, 3.05) is 0 Å². The molecule has 102 valence electrons. The molecule has 0 aliphatic carbocycles. The topological polar surface area (TPSA) is 60.4 Å². The van der Waals surface area contributed by atoms with Gasteiger partial charge in [0.1, 0.15) is 12.0 Å². The fourth-order valence-electron chi connectivity index (χ4n) is 0.748. The van der Waals surface area contributed by atoms with Crippen molar-refractivity contribution in [1.82, 2.24) is 0 Å². The molecular formula is C8H5Cl2F3O4S. The smallest absolute Gasteiger partial charge is 0.406 e. The highest BCUT2D eigenvalue weighted by Gasteiger charge is 2.30. The molecule has 0 aromatic heterocycles. The summed E-state index contributed by atoms with van der Waals surface area (Å²) in [4.78, 5) is 10.1. The van der Waals surface area contributed by atoms with E-state index in [0.29, 0.717) is 11.8 Å². The molecule has 0 bridgehead atoms. The largest absolute Gasteiger partial charge is 0.573 e. The second kappa shape index (κ2) is 6.81. The molecule has 0 amide bonds. The zero-order chi connectivity index (χ0) is 14.4. The molecule has 0 fully saturated rings. The second-order valence-electron chi connectivity index (χ2n) is 2.61. The lowest BCUT2D eigenvalue weighted by Crippen LogP contribution is -2.16. The van der Waals surface area contributed by atoms with E-state index in [1.807, 2.05) is 0 Å². The van der Waals surface area contributed by atoms with Crippen LogP contribution < -0.4 is 4.74 Å². The van der Waals surface area contributed by atoms with Gasteiger partial charge in [0.15, 0.2) is 0 Å². The predicted octanol–water partition coefficient (Wildman–Crippen LogP) is 3.11. The number of hydrogen-bond acceptors (Lipinski definition) is 4. The predicted molar refractivity (Wildman–Crippen MR) is 59.1 cm³/mol. The number of benzene rings is 1. The van der Waals surface area contributed by atoms with Gasteiger partial charge in [-0.1, -0.05) is 0 Å². The van der Waals surface area contributed by atoms with E-state index in [1.165, 1.54) is 12.1 Å². The van der Waals surface area contributed by atoms with E-state index in [2.05, 4.69) is 26.1 Å². The van der Waals surface area contributed by atoms with Crippen LogP contribution in [0.15, 0.2) is 24.3 Å². The normalized spacial score (nSPS) is 11.2. The van der Waals surface area contributed by atoms with Gasteiger partial charge in [-0.2, -0.15) is 8.42 Å². The number of rotatable bonds is 2. The van der Waals surface area contributed by atoms with Crippen molar-refractivity contribution < 1.29 is 31.1 Å². The molecule has 10 heteroatoms. The highest BCUT2D eigenvalue weighted by Crippen LogP contribution is 2.22. The summed E-state index contributed by atoms with van der Waals surface area (Å²) in [7, 11) is 4.81. The Labute approximate surface area is 109 Å². The minimum absolute atomic E-state index is 0.300. The van der Waals surface area contributed by atoms with Crippen molar-refractivity contribution in [3.8, 4) is 5.75 Å². The molecule has 0 unspecified atom stereocenters. The Kier molecular flexibility index (Phi) is 6.44. The van der Waals surface area contributed by atoms with Gasteiger partial charge in [-0.05, 0) is 24.3 Å². The minimum Gasteiger partial charge on any atom is -0.406 e. The number of halogens is 5. The number of carbonyl (C=O) groups excluding carboxylic acids is 1. The number of ether oxygens (including phenoxy) is 1. The monoisotopic (exact) mass is 324 g/mol. The van der Waals surface area contributed by atoms with E-state index in [0.717, 1.165) is 12.1 Å². The molecule has 0 saturated heterocycles. The summed E-state index contributed by atoms with van der Waals surface area (Å²) in [5, 5.41) is 0. The van der Waals surface area contributed by atoms with Gasteiger partial charge < -0.3 is 4.74 Å². The summed E-state index contributed by atoms with van der Waals surface area (Å²) in [6, 6.07) is 4.65. The molecule has 0 atom stereocenters. The van der Waals surface area contributed by atoms with E-state index in [4.69, 9.17) is 8.42 Å².